The summed E-state index contributed by atoms with van der Waals surface area (Å²) in [6, 6.07) is 7.43. The Labute approximate surface area is 88.1 Å². The molecule has 0 aliphatic rings. The van der Waals surface area contributed by atoms with Gasteiger partial charge in [0, 0.05) is 5.02 Å². The van der Waals surface area contributed by atoms with Crippen LogP contribution in [0.15, 0.2) is 24.3 Å². The minimum atomic E-state index is -0.429. The number of hydrogen-bond donors (Lipinski definition) is 1. The van der Waals surface area contributed by atoms with Crippen molar-refractivity contribution in [2.24, 2.45) is 0 Å². The first-order chi connectivity index (χ1) is 6.25. The first-order valence-corrected chi connectivity index (χ1v) is 5.94. The second-order valence-electron chi connectivity index (χ2n) is 2.82. The molecule has 1 unspecified atom stereocenters. The van der Waals surface area contributed by atoms with Crippen LogP contribution in [0.5, 0.6) is 0 Å². The van der Waals surface area contributed by atoms with E-state index in [4.69, 9.17) is 11.6 Å². The Morgan fingerprint density at radius 1 is 1.46 bits per heavy atom. The monoisotopic (exact) mass is 216 g/mol. The van der Waals surface area contributed by atoms with Crippen molar-refractivity contribution in [2.75, 3.05) is 12.0 Å². The predicted octanol–water partition coefficient (Wildman–Crippen LogP) is 3.13. The molecule has 1 N–H and O–H groups in total. The van der Waals surface area contributed by atoms with E-state index in [1.165, 1.54) is 0 Å². The van der Waals surface area contributed by atoms with Gasteiger partial charge in [0.25, 0.3) is 0 Å². The maximum absolute atomic E-state index is 9.73. The second kappa shape index (κ2) is 5.53. The molecule has 0 radical (unpaired) electrons. The average molecular weight is 217 g/mol. The van der Waals surface area contributed by atoms with Gasteiger partial charge in [-0.15, -0.1) is 0 Å². The molecule has 0 aliphatic heterocycles. The predicted molar refractivity (Wildman–Crippen MR) is 59.4 cm³/mol. The van der Waals surface area contributed by atoms with Gasteiger partial charge in [-0.05, 0) is 30.1 Å². The van der Waals surface area contributed by atoms with Crippen molar-refractivity contribution in [3.8, 4) is 0 Å². The molecule has 0 aromatic heterocycles. The first kappa shape index (κ1) is 10.9. The van der Waals surface area contributed by atoms with Crippen LogP contribution in [-0.2, 0) is 0 Å². The number of aliphatic hydroxyl groups excluding tert-OH is 1. The molecular weight excluding hydrogens is 204 g/mol. The van der Waals surface area contributed by atoms with Crippen LogP contribution in [0.4, 0.5) is 0 Å². The molecule has 0 fully saturated rings. The van der Waals surface area contributed by atoms with Crippen LogP contribution in [0.2, 0.25) is 5.02 Å². The van der Waals surface area contributed by atoms with Crippen molar-refractivity contribution in [1.29, 1.82) is 0 Å². The Morgan fingerprint density at radius 3 is 2.77 bits per heavy atom. The lowest BCUT2D eigenvalue weighted by Gasteiger charge is -2.11. The van der Waals surface area contributed by atoms with E-state index in [1.54, 1.807) is 17.8 Å². The van der Waals surface area contributed by atoms with Gasteiger partial charge in [-0.25, -0.2) is 0 Å². The number of benzene rings is 1. The number of aliphatic hydroxyl groups is 1. The molecule has 1 rings (SSSR count). The molecule has 13 heavy (non-hydrogen) atoms. The lowest BCUT2D eigenvalue weighted by atomic mass is 10.1. The van der Waals surface area contributed by atoms with E-state index in [9.17, 15) is 5.11 Å². The number of hydrogen-bond acceptors (Lipinski definition) is 2. The summed E-state index contributed by atoms with van der Waals surface area (Å²) in [4.78, 5) is 0. The lowest BCUT2D eigenvalue weighted by molar-refractivity contribution is 0.175. The zero-order chi connectivity index (χ0) is 9.68. The van der Waals surface area contributed by atoms with Crippen molar-refractivity contribution in [1.82, 2.24) is 0 Å². The Bertz CT molecular complexity index is 265. The van der Waals surface area contributed by atoms with Crippen LogP contribution in [0.3, 0.4) is 0 Å². The van der Waals surface area contributed by atoms with Gasteiger partial charge in [0.15, 0.2) is 0 Å². The van der Waals surface area contributed by atoms with Gasteiger partial charge in [0.1, 0.15) is 0 Å². The van der Waals surface area contributed by atoms with E-state index in [-0.39, 0.29) is 0 Å². The molecule has 1 aromatic rings. The quantitative estimate of drug-likeness (QED) is 0.835. The van der Waals surface area contributed by atoms with E-state index < -0.39 is 6.10 Å². The van der Waals surface area contributed by atoms with Crippen molar-refractivity contribution in [3.05, 3.63) is 34.9 Å². The zero-order valence-electron chi connectivity index (χ0n) is 7.53. The number of halogens is 1. The summed E-state index contributed by atoms with van der Waals surface area (Å²) in [5.41, 5.74) is 0.832. The van der Waals surface area contributed by atoms with Crippen molar-refractivity contribution < 1.29 is 5.11 Å². The fraction of sp³-hybridized carbons (Fsp3) is 0.400. The van der Waals surface area contributed by atoms with E-state index in [2.05, 4.69) is 0 Å². The highest BCUT2D eigenvalue weighted by Gasteiger charge is 2.09. The molecule has 72 valence electrons. The molecule has 0 bridgehead atoms. The first-order valence-electron chi connectivity index (χ1n) is 4.17. The minimum absolute atomic E-state index is 0.429. The van der Waals surface area contributed by atoms with E-state index >= 15 is 0 Å². The molecule has 0 heterocycles. The molecule has 0 aliphatic carbocycles. The molecule has 0 saturated carbocycles. The van der Waals surface area contributed by atoms with E-state index in [1.807, 2.05) is 24.5 Å². The van der Waals surface area contributed by atoms with Crippen LogP contribution >= 0.6 is 23.4 Å². The number of rotatable bonds is 4. The number of thioether (sulfide) groups is 1. The fourth-order valence-corrected chi connectivity index (χ4v) is 1.85. The summed E-state index contributed by atoms with van der Waals surface area (Å²) < 4.78 is 0. The highest BCUT2D eigenvalue weighted by Crippen LogP contribution is 2.25. The van der Waals surface area contributed by atoms with Gasteiger partial charge >= 0.3 is 0 Å². The Morgan fingerprint density at radius 2 is 2.15 bits per heavy atom. The maximum atomic E-state index is 9.73. The maximum Gasteiger partial charge on any atom is 0.0812 e. The van der Waals surface area contributed by atoms with Crippen LogP contribution in [-0.4, -0.2) is 17.1 Å². The molecule has 1 aromatic carbocycles. The Balaban J connectivity index is 2.65. The standard InChI is InChI=1S/C10H13ClOS/c1-13-7-6-10(12)8-4-2-3-5-9(8)11/h2-5,10,12H,6-7H2,1H3. The van der Waals surface area contributed by atoms with Crippen LogP contribution in [0.25, 0.3) is 0 Å². The third kappa shape index (κ3) is 3.22. The molecule has 0 saturated heterocycles. The highest BCUT2D eigenvalue weighted by atomic mass is 35.5. The molecule has 3 heteroatoms. The topological polar surface area (TPSA) is 20.2 Å². The van der Waals surface area contributed by atoms with Crippen molar-refractivity contribution >= 4 is 23.4 Å². The van der Waals surface area contributed by atoms with Crippen LogP contribution in [0, 0.1) is 0 Å². The minimum Gasteiger partial charge on any atom is -0.388 e. The molecule has 1 atom stereocenters. The summed E-state index contributed by atoms with van der Waals surface area (Å²) in [6.07, 6.45) is 2.35. The summed E-state index contributed by atoms with van der Waals surface area (Å²) in [5.74, 6) is 0.951. The van der Waals surface area contributed by atoms with Crippen molar-refractivity contribution in [2.45, 2.75) is 12.5 Å². The Kier molecular flexibility index (Phi) is 4.64. The summed E-state index contributed by atoms with van der Waals surface area (Å²) in [7, 11) is 0. The van der Waals surface area contributed by atoms with E-state index in [0.717, 1.165) is 17.7 Å². The lowest BCUT2D eigenvalue weighted by Crippen LogP contribution is -1.99. The van der Waals surface area contributed by atoms with Gasteiger partial charge in [-0.2, -0.15) is 11.8 Å². The van der Waals surface area contributed by atoms with E-state index in [0.29, 0.717) is 5.02 Å². The summed E-state index contributed by atoms with van der Waals surface area (Å²) in [5, 5.41) is 10.4. The fourth-order valence-electron chi connectivity index (χ4n) is 1.13. The van der Waals surface area contributed by atoms with Crippen LogP contribution in [0.1, 0.15) is 18.1 Å². The largest absolute Gasteiger partial charge is 0.388 e. The van der Waals surface area contributed by atoms with Crippen molar-refractivity contribution in [3.63, 3.8) is 0 Å². The van der Waals surface area contributed by atoms with Crippen LogP contribution < -0.4 is 0 Å². The Hall–Kier alpha value is -0.180. The van der Waals surface area contributed by atoms with Gasteiger partial charge in [0.05, 0.1) is 6.10 Å². The summed E-state index contributed by atoms with van der Waals surface area (Å²) >= 11 is 7.66. The summed E-state index contributed by atoms with van der Waals surface area (Å²) in [6.45, 7) is 0. The third-order valence-corrected chi connectivity index (χ3v) is 2.85. The van der Waals surface area contributed by atoms with Gasteiger partial charge < -0.3 is 5.11 Å². The SMILES string of the molecule is CSCCC(O)c1ccccc1Cl. The highest BCUT2D eigenvalue weighted by molar-refractivity contribution is 7.98. The third-order valence-electron chi connectivity index (χ3n) is 1.86. The van der Waals surface area contributed by atoms with Gasteiger partial charge in [0.2, 0.25) is 0 Å². The molecular formula is C10H13ClOS. The normalized spacial score (nSPS) is 12.8. The molecule has 0 amide bonds. The molecule has 0 spiro atoms. The average Bonchev–Trinajstić information content (AvgIpc) is 2.15. The van der Waals surface area contributed by atoms with Gasteiger partial charge in [-0.3, -0.25) is 0 Å². The van der Waals surface area contributed by atoms with Gasteiger partial charge in [-0.1, -0.05) is 29.8 Å². The second-order valence-corrected chi connectivity index (χ2v) is 4.21. The zero-order valence-corrected chi connectivity index (χ0v) is 9.11. The smallest absolute Gasteiger partial charge is 0.0812 e. The molecule has 1 nitrogen and oxygen atoms in total.